The molecular formula is C15H17N5OS. The lowest BCUT2D eigenvalue weighted by Gasteiger charge is -2.24. The predicted octanol–water partition coefficient (Wildman–Crippen LogP) is 3.18. The molecule has 114 valence electrons. The fourth-order valence-corrected chi connectivity index (χ4v) is 3.52. The molecule has 1 saturated heterocycles. The Kier molecular flexibility index (Phi) is 3.49. The first-order valence-corrected chi connectivity index (χ1v) is 8.40. The van der Waals surface area contributed by atoms with Gasteiger partial charge in [-0.05, 0) is 37.3 Å². The van der Waals surface area contributed by atoms with Crippen LogP contribution in [-0.2, 0) is 0 Å². The molecule has 2 aromatic rings. The summed E-state index contributed by atoms with van der Waals surface area (Å²) < 4.78 is 4.32. The Labute approximate surface area is 132 Å². The lowest BCUT2D eigenvalue weighted by molar-refractivity contribution is 0.207. The third-order valence-corrected chi connectivity index (χ3v) is 4.83. The molecule has 7 heteroatoms. The average Bonchev–Trinajstić information content (AvgIpc) is 3.10. The van der Waals surface area contributed by atoms with Crippen LogP contribution < -0.4 is 5.32 Å². The van der Waals surface area contributed by atoms with Gasteiger partial charge in [-0.1, -0.05) is 6.07 Å². The number of carbonyl (C=O) groups is 1. The monoisotopic (exact) mass is 315 g/mol. The van der Waals surface area contributed by atoms with E-state index in [0.29, 0.717) is 11.0 Å². The number of rotatable bonds is 3. The first-order chi connectivity index (χ1) is 10.8. The van der Waals surface area contributed by atoms with Crippen molar-refractivity contribution in [2.75, 3.05) is 11.9 Å². The van der Waals surface area contributed by atoms with E-state index in [2.05, 4.69) is 19.7 Å². The van der Waals surface area contributed by atoms with Gasteiger partial charge in [0.1, 0.15) is 5.82 Å². The molecule has 1 saturated carbocycles. The molecular weight excluding hydrogens is 298 g/mol. The van der Waals surface area contributed by atoms with E-state index in [-0.39, 0.29) is 12.1 Å². The number of hydrogen-bond donors (Lipinski definition) is 1. The quantitative estimate of drug-likeness (QED) is 0.944. The minimum absolute atomic E-state index is 0.0927. The maximum atomic E-state index is 12.5. The smallest absolute Gasteiger partial charge is 0.317 e. The van der Waals surface area contributed by atoms with E-state index in [9.17, 15) is 4.79 Å². The molecule has 2 amide bonds. The second-order valence-electron chi connectivity index (χ2n) is 5.80. The van der Waals surface area contributed by atoms with Crippen LogP contribution in [0.25, 0.3) is 0 Å². The van der Waals surface area contributed by atoms with Crippen molar-refractivity contribution < 1.29 is 4.79 Å². The van der Waals surface area contributed by atoms with Crippen LogP contribution in [0.1, 0.15) is 49.0 Å². The van der Waals surface area contributed by atoms with Crippen molar-refractivity contribution in [2.24, 2.45) is 0 Å². The number of aromatic nitrogens is 3. The fraction of sp³-hybridized carbons (Fsp3) is 0.467. The Hall–Kier alpha value is -2.02. The summed E-state index contributed by atoms with van der Waals surface area (Å²) in [6.07, 6.45) is 7.91. The topological polar surface area (TPSA) is 71.0 Å². The van der Waals surface area contributed by atoms with Crippen molar-refractivity contribution in [3.05, 3.63) is 35.9 Å². The largest absolute Gasteiger partial charge is 0.324 e. The number of urea groups is 1. The number of likely N-dealkylation sites (tertiary alicyclic amines) is 1. The maximum absolute atomic E-state index is 12.5. The van der Waals surface area contributed by atoms with Crippen LogP contribution >= 0.6 is 11.5 Å². The van der Waals surface area contributed by atoms with Gasteiger partial charge in [0.15, 0.2) is 0 Å². The highest BCUT2D eigenvalue weighted by atomic mass is 32.1. The third kappa shape index (κ3) is 2.68. The number of pyridine rings is 1. The van der Waals surface area contributed by atoms with Gasteiger partial charge in [-0.3, -0.25) is 10.3 Å². The maximum Gasteiger partial charge on any atom is 0.324 e. The summed E-state index contributed by atoms with van der Waals surface area (Å²) in [7, 11) is 0. The number of carbonyl (C=O) groups excluding carboxylic acids is 1. The van der Waals surface area contributed by atoms with Crippen LogP contribution in [0.15, 0.2) is 24.5 Å². The number of nitrogens with zero attached hydrogens (tertiary/aromatic N) is 4. The summed E-state index contributed by atoms with van der Waals surface area (Å²) in [5.74, 6) is 1.39. The Balaban J connectivity index is 1.46. The van der Waals surface area contributed by atoms with Crippen LogP contribution in [0.3, 0.4) is 0 Å². The molecule has 4 rings (SSSR count). The van der Waals surface area contributed by atoms with Gasteiger partial charge in [0.2, 0.25) is 5.13 Å². The van der Waals surface area contributed by atoms with Crippen molar-refractivity contribution in [2.45, 2.75) is 37.6 Å². The number of amides is 2. The van der Waals surface area contributed by atoms with Gasteiger partial charge < -0.3 is 4.90 Å². The zero-order valence-corrected chi connectivity index (χ0v) is 12.9. The van der Waals surface area contributed by atoms with E-state index in [4.69, 9.17) is 0 Å². The summed E-state index contributed by atoms with van der Waals surface area (Å²) >= 11 is 1.27. The Morgan fingerprint density at radius 1 is 1.36 bits per heavy atom. The first kappa shape index (κ1) is 13.6. The van der Waals surface area contributed by atoms with E-state index in [1.54, 1.807) is 6.20 Å². The first-order valence-electron chi connectivity index (χ1n) is 7.62. The van der Waals surface area contributed by atoms with E-state index < -0.39 is 0 Å². The van der Waals surface area contributed by atoms with Crippen LogP contribution in [0.4, 0.5) is 9.93 Å². The van der Waals surface area contributed by atoms with Crippen molar-refractivity contribution in [3.8, 4) is 0 Å². The highest BCUT2D eigenvalue weighted by molar-refractivity contribution is 7.09. The van der Waals surface area contributed by atoms with Crippen molar-refractivity contribution >= 4 is 22.7 Å². The molecule has 1 unspecified atom stereocenters. The Bertz CT molecular complexity index is 670. The van der Waals surface area contributed by atoms with Crippen LogP contribution in [0.2, 0.25) is 0 Å². The van der Waals surface area contributed by atoms with Crippen LogP contribution in [-0.4, -0.2) is 31.8 Å². The number of hydrogen-bond acceptors (Lipinski definition) is 5. The average molecular weight is 315 g/mol. The molecule has 3 heterocycles. The molecule has 1 atom stereocenters. The van der Waals surface area contributed by atoms with E-state index in [1.807, 2.05) is 23.2 Å². The summed E-state index contributed by atoms with van der Waals surface area (Å²) in [6.45, 7) is 0.764. The summed E-state index contributed by atoms with van der Waals surface area (Å²) in [5.41, 5.74) is 1.09. The van der Waals surface area contributed by atoms with E-state index >= 15 is 0 Å². The standard InChI is InChI=1S/C15H17N5OS/c21-15(18-14-17-13(19-22-14)10-5-6-10)20-8-2-4-12(20)11-3-1-7-16-9-11/h1,3,7,9-10,12H,2,4-6,8H2,(H,17,18,19,21). The van der Waals surface area contributed by atoms with Gasteiger partial charge in [-0.2, -0.15) is 4.37 Å². The molecule has 22 heavy (non-hydrogen) atoms. The molecule has 1 N–H and O–H groups in total. The number of nitrogens with one attached hydrogen (secondary N) is 1. The van der Waals surface area contributed by atoms with Crippen molar-refractivity contribution in [1.82, 2.24) is 19.2 Å². The molecule has 2 aromatic heterocycles. The van der Waals surface area contributed by atoms with Crippen molar-refractivity contribution in [1.29, 1.82) is 0 Å². The lowest BCUT2D eigenvalue weighted by atomic mass is 10.1. The second-order valence-corrected chi connectivity index (χ2v) is 6.55. The summed E-state index contributed by atoms with van der Waals surface area (Å²) in [5, 5.41) is 3.50. The van der Waals surface area contributed by atoms with Gasteiger partial charge >= 0.3 is 6.03 Å². The Morgan fingerprint density at radius 2 is 2.27 bits per heavy atom. The molecule has 0 aromatic carbocycles. The molecule has 0 spiro atoms. The third-order valence-electron chi connectivity index (χ3n) is 4.18. The number of anilines is 1. The zero-order valence-electron chi connectivity index (χ0n) is 12.1. The molecule has 2 fully saturated rings. The van der Waals surface area contributed by atoms with Gasteiger partial charge in [-0.15, -0.1) is 0 Å². The van der Waals surface area contributed by atoms with E-state index in [1.165, 1.54) is 24.4 Å². The SMILES string of the molecule is O=C(Nc1nc(C2CC2)ns1)N1CCCC1c1cccnc1. The second kappa shape index (κ2) is 5.64. The molecule has 0 radical (unpaired) electrons. The summed E-state index contributed by atoms with van der Waals surface area (Å²) in [4.78, 5) is 23.0. The molecule has 0 bridgehead atoms. The summed E-state index contributed by atoms with van der Waals surface area (Å²) in [6, 6.07) is 3.95. The van der Waals surface area contributed by atoms with E-state index in [0.717, 1.165) is 30.8 Å². The molecule has 1 aliphatic heterocycles. The van der Waals surface area contributed by atoms with Gasteiger partial charge in [-0.25, -0.2) is 9.78 Å². The highest BCUT2D eigenvalue weighted by Gasteiger charge is 2.31. The lowest BCUT2D eigenvalue weighted by Crippen LogP contribution is -2.34. The van der Waals surface area contributed by atoms with Crippen LogP contribution in [0.5, 0.6) is 0 Å². The fourth-order valence-electron chi connectivity index (χ4n) is 2.89. The Morgan fingerprint density at radius 3 is 3.05 bits per heavy atom. The van der Waals surface area contributed by atoms with Crippen molar-refractivity contribution in [3.63, 3.8) is 0 Å². The minimum Gasteiger partial charge on any atom is -0.317 e. The molecule has 6 nitrogen and oxygen atoms in total. The molecule has 2 aliphatic rings. The normalized spacial score (nSPS) is 21.1. The molecule has 1 aliphatic carbocycles. The zero-order chi connectivity index (χ0) is 14.9. The van der Waals surface area contributed by atoms with Gasteiger partial charge in [0, 0.05) is 36.4 Å². The predicted molar refractivity (Wildman–Crippen MR) is 83.8 cm³/mol. The minimum atomic E-state index is -0.0927. The van der Waals surface area contributed by atoms with Gasteiger partial charge in [0.05, 0.1) is 6.04 Å². The van der Waals surface area contributed by atoms with Crippen LogP contribution in [0, 0.1) is 0 Å². The highest BCUT2D eigenvalue weighted by Crippen LogP contribution is 2.39. The van der Waals surface area contributed by atoms with Gasteiger partial charge in [0.25, 0.3) is 0 Å².